The van der Waals surface area contributed by atoms with Gasteiger partial charge in [0.15, 0.2) is 22.9 Å². The van der Waals surface area contributed by atoms with Crippen molar-refractivity contribution in [3.8, 4) is 0 Å². The number of pyridine rings is 2. The lowest BCUT2D eigenvalue weighted by Crippen LogP contribution is -2.58. The number of ether oxygens (including phenoxy) is 1. The summed E-state index contributed by atoms with van der Waals surface area (Å²) >= 11 is 0. The predicted molar refractivity (Wildman–Crippen MR) is 250 cm³/mol. The van der Waals surface area contributed by atoms with E-state index in [-0.39, 0.29) is 47.2 Å². The monoisotopic (exact) mass is 906 g/mol. The maximum atomic E-state index is 15.7. The Kier molecular flexibility index (Phi) is 10.7. The van der Waals surface area contributed by atoms with Crippen LogP contribution >= 0.6 is 0 Å². The van der Waals surface area contributed by atoms with E-state index < -0.39 is 23.4 Å². The number of rotatable bonds is 8. The van der Waals surface area contributed by atoms with Crippen LogP contribution in [0.15, 0.2) is 73.6 Å². The number of aryl methyl sites for hydroxylation is 2. The zero-order valence-electron chi connectivity index (χ0n) is 37.4. The van der Waals surface area contributed by atoms with Crippen LogP contribution in [0, 0.1) is 25.5 Å². The fourth-order valence-corrected chi connectivity index (χ4v) is 9.80. The van der Waals surface area contributed by atoms with Crippen LogP contribution in [0.5, 0.6) is 0 Å². The number of nitrogens with one attached hydrogen (secondary N) is 3. The molecule has 342 valence electrons. The highest BCUT2D eigenvalue weighted by Crippen LogP contribution is 2.32. The Morgan fingerprint density at radius 3 is 1.88 bits per heavy atom. The molecule has 0 aliphatic carbocycles. The predicted octanol–water partition coefficient (Wildman–Crippen LogP) is 5.57. The van der Waals surface area contributed by atoms with Crippen LogP contribution in [0.1, 0.15) is 57.3 Å². The van der Waals surface area contributed by atoms with Gasteiger partial charge in [0.25, 0.3) is 11.8 Å². The molecule has 17 nitrogen and oxygen atoms in total. The maximum Gasteiger partial charge on any atom is 0.257 e. The van der Waals surface area contributed by atoms with Crippen LogP contribution in [0.2, 0.25) is 0 Å². The van der Waals surface area contributed by atoms with Gasteiger partial charge in [-0.3, -0.25) is 24.5 Å². The van der Waals surface area contributed by atoms with Gasteiger partial charge in [-0.25, -0.2) is 28.7 Å². The standard InChI is InChI=1S/C48H48F2N14O3/c1-26-18-62(19-27(2)53-26)40-8-6-36(42-44(40)55-29(4)28(3)54-42)48(66)59-33-17-38(50)46-57-31(21-64(46)23-33)15-30-20-63-22-32(16-37(49)45(63)56-30)58-47(65)35-5-7-39(43-41(35)51-9-10-52-43)61-12-11-60-13-14-67-25-34(60)24-61/h5-10,16-17,20-23,26-27,34,53H,11-15,18-19,24-25H2,1-4H3,(H,58,65)(H,59,66)/t26?,27?,34-/m1/s1. The number of nitrogens with zero attached hydrogens (tertiary/aromatic N) is 11. The topological polar surface area (TPSA) is 175 Å². The minimum absolute atomic E-state index is 0.0460. The molecule has 0 saturated carbocycles. The summed E-state index contributed by atoms with van der Waals surface area (Å²) < 4.78 is 40.0. The number of aromatic nitrogens is 8. The van der Waals surface area contributed by atoms with Crippen molar-refractivity contribution < 1.29 is 23.1 Å². The molecule has 11 rings (SSSR count). The summed E-state index contributed by atoms with van der Waals surface area (Å²) in [4.78, 5) is 62.6. The van der Waals surface area contributed by atoms with Crippen molar-refractivity contribution >= 4 is 67.9 Å². The number of morpholine rings is 1. The Balaban J connectivity index is 0.805. The van der Waals surface area contributed by atoms with Gasteiger partial charge in [-0.05, 0) is 52.0 Å². The van der Waals surface area contributed by atoms with E-state index >= 15 is 8.78 Å². The number of hydrogen-bond acceptors (Lipinski definition) is 13. The van der Waals surface area contributed by atoms with Gasteiger partial charge in [0, 0.05) is 107 Å². The molecule has 19 heteroatoms. The number of benzene rings is 2. The van der Waals surface area contributed by atoms with Crippen molar-refractivity contribution in [3.05, 3.63) is 119 Å². The minimum atomic E-state index is -0.650. The van der Waals surface area contributed by atoms with Crippen molar-refractivity contribution in [2.45, 2.75) is 52.2 Å². The van der Waals surface area contributed by atoms with Gasteiger partial charge in [0.05, 0.1) is 75.9 Å². The van der Waals surface area contributed by atoms with Crippen molar-refractivity contribution in [2.75, 3.05) is 72.9 Å². The number of halogens is 2. The molecule has 0 bridgehead atoms. The largest absolute Gasteiger partial charge is 0.378 e. The maximum absolute atomic E-state index is 15.7. The summed E-state index contributed by atoms with van der Waals surface area (Å²) in [7, 11) is 0. The molecule has 6 aromatic heterocycles. The van der Waals surface area contributed by atoms with Gasteiger partial charge in [-0.1, -0.05) is 0 Å². The molecule has 8 aromatic rings. The van der Waals surface area contributed by atoms with E-state index in [2.05, 4.69) is 64.4 Å². The molecule has 3 aliphatic heterocycles. The highest BCUT2D eigenvalue weighted by atomic mass is 19.1. The Morgan fingerprint density at radius 2 is 1.25 bits per heavy atom. The highest BCUT2D eigenvalue weighted by molar-refractivity contribution is 6.14. The van der Waals surface area contributed by atoms with E-state index in [0.29, 0.717) is 56.9 Å². The first-order valence-corrected chi connectivity index (χ1v) is 22.5. The Morgan fingerprint density at radius 1 is 0.687 bits per heavy atom. The highest BCUT2D eigenvalue weighted by Gasteiger charge is 2.31. The van der Waals surface area contributed by atoms with Crippen molar-refractivity contribution in [2.24, 2.45) is 0 Å². The average molecular weight is 907 g/mol. The molecule has 2 unspecified atom stereocenters. The lowest BCUT2D eigenvalue weighted by molar-refractivity contribution is -0.0116. The number of anilines is 4. The van der Waals surface area contributed by atoms with E-state index in [0.717, 1.165) is 62.9 Å². The van der Waals surface area contributed by atoms with Gasteiger partial charge in [0.2, 0.25) is 0 Å². The van der Waals surface area contributed by atoms with Crippen LogP contribution in [-0.4, -0.2) is 126 Å². The van der Waals surface area contributed by atoms with E-state index in [1.807, 2.05) is 26.0 Å². The van der Waals surface area contributed by atoms with Gasteiger partial charge < -0.3 is 39.3 Å². The Labute approximate surface area is 383 Å². The number of piperazine rings is 2. The summed E-state index contributed by atoms with van der Waals surface area (Å²) in [5.41, 5.74) is 7.50. The summed E-state index contributed by atoms with van der Waals surface area (Å²) in [6.45, 7) is 14.4. The summed E-state index contributed by atoms with van der Waals surface area (Å²) in [5, 5.41) is 9.24. The third-order valence-electron chi connectivity index (χ3n) is 13.0. The first kappa shape index (κ1) is 42.4. The lowest BCUT2D eigenvalue weighted by atomic mass is 10.1. The van der Waals surface area contributed by atoms with Crippen molar-refractivity contribution in [1.82, 2.24) is 48.9 Å². The van der Waals surface area contributed by atoms with Crippen LogP contribution in [0.3, 0.4) is 0 Å². The van der Waals surface area contributed by atoms with E-state index in [4.69, 9.17) is 14.7 Å². The first-order valence-electron chi connectivity index (χ1n) is 22.5. The van der Waals surface area contributed by atoms with Crippen LogP contribution in [-0.2, 0) is 11.2 Å². The molecule has 0 spiro atoms. The molecular formula is C48H48F2N14O3. The lowest BCUT2D eigenvalue weighted by Gasteiger charge is -2.44. The molecule has 3 aliphatic rings. The molecular weight excluding hydrogens is 859 g/mol. The molecule has 67 heavy (non-hydrogen) atoms. The van der Waals surface area contributed by atoms with E-state index in [1.54, 1.807) is 49.3 Å². The fourth-order valence-electron chi connectivity index (χ4n) is 9.80. The van der Waals surface area contributed by atoms with Crippen molar-refractivity contribution in [3.63, 3.8) is 0 Å². The summed E-state index contributed by atoms with van der Waals surface area (Å²) in [6.07, 6.45) is 9.75. The second-order valence-corrected chi connectivity index (χ2v) is 17.9. The molecule has 3 atom stereocenters. The first-order chi connectivity index (χ1) is 32.4. The van der Waals surface area contributed by atoms with Crippen LogP contribution < -0.4 is 25.8 Å². The van der Waals surface area contributed by atoms with Gasteiger partial charge in [0.1, 0.15) is 22.1 Å². The number of hydrogen-bond donors (Lipinski definition) is 3. The average Bonchev–Trinajstić information content (AvgIpc) is 3.92. The Hall–Kier alpha value is -7.22. The number of carbonyl (C=O) groups excluding carboxylic acids is 2. The third kappa shape index (κ3) is 8.01. The molecule has 9 heterocycles. The number of imidazole rings is 2. The number of amides is 2. The smallest absolute Gasteiger partial charge is 0.257 e. The molecule has 0 radical (unpaired) electrons. The summed E-state index contributed by atoms with van der Waals surface area (Å²) in [6, 6.07) is 10.5. The molecule has 2 amide bonds. The molecule has 3 N–H and O–H groups in total. The minimum Gasteiger partial charge on any atom is -0.378 e. The Bertz CT molecular complexity index is 3270. The summed E-state index contributed by atoms with van der Waals surface area (Å²) in [5.74, 6) is -2.23. The van der Waals surface area contributed by atoms with E-state index in [1.165, 1.54) is 20.9 Å². The van der Waals surface area contributed by atoms with Gasteiger partial charge >= 0.3 is 0 Å². The fraction of sp³-hybridized carbons (Fsp3) is 0.333. The van der Waals surface area contributed by atoms with E-state index in [9.17, 15) is 9.59 Å². The molecule has 3 fully saturated rings. The normalized spacial score (nSPS) is 19.1. The van der Waals surface area contributed by atoms with Crippen molar-refractivity contribution in [1.29, 1.82) is 0 Å². The van der Waals surface area contributed by atoms with Gasteiger partial charge in [-0.2, -0.15) is 0 Å². The second kappa shape index (κ2) is 16.9. The second-order valence-electron chi connectivity index (χ2n) is 17.9. The zero-order valence-corrected chi connectivity index (χ0v) is 37.4. The third-order valence-corrected chi connectivity index (χ3v) is 13.0. The number of fused-ring (bicyclic) bond motifs is 5. The zero-order chi connectivity index (χ0) is 46.1. The quantitative estimate of drug-likeness (QED) is 0.173. The van der Waals surface area contributed by atoms with Gasteiger partial charge in [-0.15, -0.1) is 0 Å². The van der Waals surface area contributed by atoms with Crippen LogP contribution in [0.25, 0.3) is 33.4 Å². The molecule has 3 saturated heterocycles. The number of carbonyl (C=O) groups is 2. The van der Waals surface area contributed by atoms with Crippen LogP contribution in [0.4, 0.5) is 31.5 Å². The SMILES string of the molecule is Cc1nc2c(C(=O)Nc3cc(F)c4nc(Cc5cn6cc(NC(=O)c7ccc(N8CCN9CCOC[C@H]9C8)c8nccnc78)cc(F)c6n5)cn4c3)ccc(N3CC(C)NC(C)C3)c2nc1C. The molecule has 2 aromatic carbocycles.